The van der Waals surface area contributed by atoms with Gasteiger partial charge in [-0.05, 0) is 98.7 Å². The van der Waals surface area contributed by atoms with E-state index in [0.717, 1.165) is 42.6 Å². The molecule has 1 aromatic rings. The highest BCUT2D eigenvalue weighted by Gasteiger charge is 2.58. The monoisotopic (exact) mass is 423 g/mol. The first-order valence-corrected chi connectivity index (χ1v) is 12.5. The summed E-state index contributed by atoms with van der Waals surface area (Å²) in [5, 5.41) is 13.3. The van der Waals surface area contributed by atoms with Gasteiger partial charge in [0.25, 0.3) is 0 Å². The maximum absolute atomic E-state index is 13.3. The molecule has 0 saturated heterocycles. The fourth-order valence-electron chi connectivity index (χ4n) is 8.64. The van der Waals surface area contributed by atoms with E-state index in [0.29, 0.717) is 23.8 Å². The second kappa shape index (κ2) is 8.35. The SMILES string of the molecule is COCC1CCC2C(CCC3C2CCC2(C)C(C(=O)Cn4cc(C#N)cn4)CCC32)C1. The molecule has 0 radical (unpaired) electrons. The minimum atomic E-state index is 0.156. The van der Waals surface area contributed by atoms with Gasteiger partial charge in [0, 0.05) is 25.8 Å². The van der Waals surface area contributed by atoms with Crippen LogP contribution in [0.1, 0.15) is 70.3 Å². The molecule has 8 atom stereocenters. The molecule has 4 aliphatic carbocycles. The summed E-state index contributed by atoms with van der Waals surface area (Å²) in [4.78, 5) is 13.3. The predicted octanol–water partition coefficient (Wildman–Crippen LogP) is 4.86. The Morgan fingerprint density at radius 1 is 1.19 bits per heavy atom. The number of rotatable bonds is 5. The molecule has 8 unspecified atom stereocenters. The number of Topliss-reactive ketones (excluding diaryl/α,β-unsaturated/α-hetero) is 1. The lowest BCUT2D eigenvalue weighted by atomic mass is 9.49. The first-order chi connectivity index (χ1) is 15.0. The van der Waals surface area contributed by atoms with Crippen molar-refractivity contribution in [3.63, 3.8) is 0 Å². The number of nitriles is 1. The lowest BCUT2D eigenvalue weighted by molar-refractivity contribution is -0.131. The predicted molar refractivity (Wildman–Crippen MR) is 118 cm³/mol. The van der Waals surface area contributed by atoms with Crippen molar-refractivity contribution in [3.8, 4) is 6.07 Å². The van der Waals surface area contributed by atoms with Crippen molar-refractivity contribution in [3.05, 3.63) is 18.0 Å². The van der Waals surface area contributed by atoms with E-state index in [9.17, 15) is 4.79 Å². The molecule has 5 nitrogen and oxygen atoms in total. The third kappa shape index (κ3) is 3.65. The second-order valence-electron chi connectivity index (χ2n) is 11.2. The first kappa shape index (κ1) is 21.2. The van der Waals surface area contributed by atoms with Crippen LogP contribution in [0.25, 0.3) is 0 Å². The summed E-state index contributed by atoms with van der Waals surface area (Å²) in [7, 11) is 1.84. The standard InChI is InChI=1S/C26H37N3O2/c1-26-10-9-21-20-5-3-17(16-31-2)11-19(20)4-6-22(21)23(26)7-8-24(26)25(30)15-29-14-18(12-27)13-28-29/h13-14,17,19-24H,3-11,15-16H2,1-2H3. The van der Waals surface area contributed by atoms with Crippen molar-refractivity contribution in [2.45, 2.75) is 71.3 Å². The van der Waals surface area contributed by atoms with Crippen molar-refractivity contribution in [1.82, 2.24) is 9.78 Å². The fraction of sp³-hybridized carbons (Fsp3) is 0.808. The van der Waals surface area contributed by atoms with Crippen LogP contribution in [0, 0.1) is 58.2 Å². The second-order valence-corrected chi connectivity index (χ2v) is 11.2. The average Bonchev–Trinajstić information content (AvgIpc) is 3.37. The van der Waals surface area contributed by atoms with Gasteiger partial charge in [0.1, 0.15) is 6.07 Å². The highest BCUT2D eigenvalue weighted by atomic mass is 16.5. The Hall–Kier alpha value is -1.67. The van der Waals surface area contributed by atoms with Gasteiger partial charge >= 0.3 is 0 Å². The topological polar surface area (TPSA) is 67.9 Å². The number of ether oxygens (including phenoxy) is 1. The van der Waals surface area contributed by atoms with Crippen LogP contribution in [0.15, 0.2) is 12.4 Å². The summed E-state index contributed by atoms with van der Waals surface area (Å²) >= 11 is 0. The normalized spacial score (nSPS) is 41.6. The molecule has 0 aromatic carbocycles. The molecule has 5 heteroatoms. The Bertz CT molecular complexity index is 857. The number of hydrogen-bond donors (Lipinski definition) is 0. The van der Waals surface area contributed by atoms with Gasteiger partial charge in [-0.3, -0.25) is 9.48 Å². The Labute approximate surface area is 186 Å². The molecule has 0 spiro atoms. The summed E-state index contributed by atoms with van der Waals surface area (Å²) < 4.78 is 7.13. The Morgan fingerprint density at radius 2 is 2.03 bits per heavy atom. The van der Waals surface area contributed by atoms with E-state index in [-0.39, 0.29) is 11.3 Å². The van der Waals surface area contributed by atoms with Gasteiger partial charge in [-0.1, -0.05) is 6.92 Å². The van der Waals surface area contributed by atoms with Gasteiger partial charge in [-0.2, -0.15) is 10.4 Å². The number of carbonyl (C=O) groups excluding carboxylic acids is 1. The largest absolute Gasteiger partial charge is 0.384 e. The van der Waals surface area contributed by atoms with Crippen LogP contribution in [-0.2, 0) is 16.1 Å². The minimum absolute atomic E-state index is 0.156. The molecular formula is C26H37N3O2. The van der Waals surface area contributed by atoms with E-state index in [4.69, 9.17) is 10.00 Å². The van der Waals surface area contributed by atoms with Crippen LogP contribution in [0.2, 0.25) is 0 Å². The van der Waals surface area contributed by atoms with E-state index in [1.54, 1.807) is 17.1 Å². The van der Waals surface area contributed by atoms with Gasteiger partial charge < -0.3 is 4.74 Å². The van der Waals surface area contributed by atoms with Crippen molar-refractivity contribution in [1.29, 1.82) is 5.26 Å². The number of hydrogen-bond acceptors (Lipinski definition) is 4. The molecule has 0 aliphatic heterocycles. The number of nitrogens with zero attached hydrogens (tertiary/aromatic N) is 3. The van der Waals surface area contributed by atoms with Crippen molar-refractivity contribution in [2.24, 2.45) is 46.8 Å². The van der Waals surface area contributed by atoms with Crippen molar-refractivity contribution < 1.29 is 9.53 Å². The van der Waals surface area contributed by atoms with E-state index in [1.165, 1.54) is 51.4 Å². The van der Waals surface area contributed by atoms with Gasteiger partial charge in [-0.15, -0.1) is 0 Å². The Kier molecular flexibility index (Phi) is 5.71. The smallest absolute Gasteiger partial charge is 0.157 e. The van der Waals surface area contributed by atoms with Gasteiger partial charge in [0.2, 0.25) is 0 Å². The number of fused-ring (bicyclic) bond motifs is 5. The van der Waals surface area contributed by atoms with E-state index in [2.05, 4.69) is 18.1 Å². The minimum Gasteiger partial charge on any atom is -0.384 e. The Balaban J connectivity index is 1.27. The molecule has 1 aromatic heterocycles. The molecule has 168 valence electrons. The molecule has 5 rings (SSSR count). The summed E-state index contributed by atoms with van der Waals surface area (Å²) in [6, 6.07) is 2.10. The van der Waals surface area contributed by atoms with Crippen molar-refractivity contribution in [2.75, 3.05) is 13.7 Å². The van der Waals surface area contributed by atoms with Crippen LogP contribution < -0.4 is 0 Å². The maximum Gasteiger partial charge on any atom is 0.157 e. The molecule has 0 bridgehead atoms. The van der Waals surface area contributed by atoms with Crippen molar-refractivity contribution >= 4 is 5.78 Å². The van der Waals surface area contributed by atoms with Gasteiger partial charge in [0.05, 0.1) is 18.3 Å². The van der Waals surface area contributed by atoms with Gasteiger partial charge in [-0.25, -0.2) is 0 Å². The third-order valence-corrected chi connectivity index (χ3v) is 9.93. The summed E-state index contributed by atoms with van der Waals surface area (Å²) in [6.45, 7) is 3.68. The molecule has 4 saturated carbocycles. The number of aromatic nitrogens is 2. The summed E-state index contributed by atoms with van der Waals surface area (Å²) in [5.41, 5.74) is 0.685. The molecular weight excluding hydrogens is 386 g/mol. The zero-order valence-electron chi connectivity index (χ0n) is 19.1. The molecule has 0 amide bonds. The molecule has 0 N–H and O–H groups in total. The zero-order valence-corrected chi connectivity index (χ0v) is 19.1. The van der Waals surface area contributed by atoms with Crippen LogP contribution in [-0.4, -0.2) is 29.3 Å². The van der Waals surface area contributed by atoms with E-state index in [1.807, 2.05) is 7.11 Å². The maximum atomic E-state index is 13.3. The highest BCUT2D eigenvalue weighted by molar-refractivity contribution is 5.82. The fourth-order valence-corrected chi connectivity index (χ4v) is 8.64. The number of carbonyl (C=O) groups is 1. The molecule has 4 aliphatic rings. The van der Waals surface area contributed by atoms with Crippen LogP contribution in [0.5, 0.6) is 0 Å². The lowest BCUT2D eigenvalue weighted by Gasteiger charge is -2.56. The summed E-state index contributed by atoms with van der Waals surface area (Å²) in [5.74, 6) is 5.50. The number of methoxy groups -OCH3 is 1. The zero-order chi connectivity index (χ0) is 21.6. The number of ketones is 1. The van der Waals surface area contributed by atoms with Gasteiger partial charge in [0.15, 0.2) is 5.78 Å². The van der Waals surface area contributed by atoms with E-state index < -0.39 is 0 Å². The molecule has 4 fully saturated rings. The van der Waals surface area contributed by atoms with Crippen LogP contribution >= 0.6 is 0 Å². The van der Waals surface area contributed by atoms with Crippen LogP contribution in [0.4, 0.5) is 0 Å². The highest BCUT2D eigenvalue weighted by Crippen LogP contribution is 2.64. The van der Waals surface area contributed by atoms with Crippen LogP contribution in [0.3, 0.4) is 0 Å². The summed E-state index contributed by atoms with van der Waals surface area (Å²) in [6.07, 6.45) is 14.9. The lowest BCUT2D eigenvalue weighted by Crippen LogP contribution is -2.49. The average molecular weight is 424 g/mol. The Morgan fingerprint density at radius 3 is 2.81 bits per heavy atom. The van der Waals surface area contributed by atoms with E-state index >= 15 is 0 Å². The third-order valence-electron chi connectivity index (χ3n) is 9.93. The molecule has 31 heavy (non-hydrogen) atoms. The first-order valence-electron chi connectivity index (χ1n) is 12.5. The quantitative estimate of drug-likeness (QED) is 0.678. The molecule has 1 heterocycles.